The van der Waals surface area contributed by atoms with Crippen LogP contribution in [0.4, 0.5) is 38.9 Å². The van der Waals surface area contributed by atoms with Crippen LogP contribution in [-0.2, 0) is 25.8 Å². The lowest BCUT2D eigenvalue weighted by atomic mass is 10.0. The number of hydrogen-bond donors (Lipinski definition) is 2. The lowest BCUT2D eigenvalue weighted by Crippen LogP contribution is -2.08. The third-order valence-electron chi connectivity index (χ3n) is 8.06. The average Bonchev–Trinajstić information content (AvgIpc) is 3.67. The largest absolute Gasteiger partial charge is 0.477 e. The number of nitrogens with two attached hydrogens (primary N) is 1. The fraction of sp³-hybridized carbons (Fsp3) is 0.200. The van der Waals surface area contributed by atoms with Gasteiger partial charge in [0.1, 0.15) is 26.8 Å². The summed E-state index contributed by atoms with van der Waals surface area (Å²) in [5.74, 6) is -1.25. The summed E-state index contributed by atoms with van der Waals surface area (Å²) in [5.41, 5.74) is 8.72. The Labute approximate surface area is 328 Å². The number of carboxylic acids is 1. The lowest BCUT2D eigenvalue weighted by molar-refractivity contribution is 0.0687. The van der Waals surface area contributed by atoms with Crippen LogP contribution in [0.25, 0.3) is 11.3 Å². The Morgan fingerprint density at radius 3 is 1.39 bits per heavy atom. The van der Waals surface area contributed by atoms with Gasteiger partial charge in [-0.2, -0.15) is 0 Å². The molecule has 4 aromatic heterocycles. The van der Waals surface area contributed by atoms with Crippen molar-refractivity contribution < 1.29 is 53.6 Å². The van der Waals surface area contributed by atoms with Gasteiger partial charge in [-0.25, -0.2) is 14.8 Å². The number of rotatable bonds is 10. The van der Waals surface area contributed by atoms with Gasteiger partial charge in [-0.05, 0) is 78.9 Å². The number of benzene rings is 2. The number of aromatic nitrogens is 4. The van der Waals surface area contributed by atoms with E-state index in [0.717, 1.165) is 24.3 Å². The number of Topliss-reactive ketones (excluding diaryl/α,β-unsaturated/α-hetero) is 1. The first-order valence-electron chi connectivity index (χ1n) is 16.4. The van der Waals surface area contributed by atoms with Crippen molar-refractivity contribution in [2.45, 2.75) is 55.9 Å². The molecule has 8 nitrogen and oxygen atoms in total. The van der Waals surface area contributed by atoms with E-state index in [-0.39, 0.29) is 30.9 Å². The second-order valence-electron chi connectivity index (χ2n) is 12.3. The molecule has 0 unspecified atom stereocenters. The smallest absolute Gasteiger partial charge is 0.354 e. The van der Waals surface area contributed by atoms with Crippen LogP contribution < -0.4 is 5.73 Å². The Hall–Kier alpha value is -4.50. The molecule has 0 atom stereocenters. The van der Waals surface area contributed by atoms with Gasteiger partial charge in [0.15, 0.2) is 11.5 Å². The highest BCUT2D eigenvalue weighted by Gasteiger charge is 2.66. The highest BCUT2D eigenvalue weighted by Crippen LogP contribution is 3.02. The van der Waals surface area contributed by atoms with Crippen LogP contribution in [0.1, 0.15) is 63.8 Å². The molecule has 0 saturated heterocycles. The monoisotopic (exact) mass is 895 g/mol. The summed E-state index contributed by atoms with van der Waals surface area (Å²) >= 11 is 11.8. The number of halogens is 12. The van der Waals surface area contributed by atoms with Crippen molar-refractivity contribution in [3.63, 3.8) is 0 Å². The Bertz CT molecular complexity index is 2470. The van der Waals surface area contributed by atoms with E-state index in [1.807, 2.05) is 13.8 Å². The average molecular weight is 897 g/mol. The first kappa shape index (κ1) is 45.2. The number of imidazole rings is 2. The van der Waals surface area contributed by atoms with Gasteiger partial charge in [-0.1, -0.05) is 100 Å². The summed E-state index contributed by atoms with van der Waals surface area (Å²) < 4.78 is 128. The van der Waals surface area contributed by atoms with Crippen LogP contribution in [0, 0.1) is 0 Å². The number of aryl methyl sites for hydroxylation is 3. The number of pyridine rings is 2. The number of aromatic carboxylic acids is 1. The van der Waals surface area contributed by atoms with Gasteiger partial charge >= 0.3 is 26.4 Å². The molecule has 0 fully saturated rings. The van der Waals surface area contributed by atoms with Crippen LogP contribution in [0.3, 0.4) is 0 Å². The van der Waals surface area contributed by atoms with E-state index in [2.05, 4.69) is 9.97 Å². The quantitative estimate of drug-likeness (QED) is 0.105. The topological polar surface area (TPSA) is 115 Å². The maximum Gasteiger partial charge on any atom is 0.354 e. The van der Waals surface area contributed by atoms with Crippen LogP contribution in [0.5, 0.6) is 0 Å². The predicted molar refractivity (Wildman–Crippen MR) is 202 cm³/mol. The normalized spacial score (nSPS) is 14.3. The van der Waals surface area contributed by atoms with E-state index in [9.17, 15) is 48.4 Å². The van der Waals surface area contributed by atoms with Gasteiger partial charge < -0.3 is 10.8 Å². The minimum absolute atomic E-state index is 0.0108. The maximum absolute atomic E-state index is 12.8. The Morgan fingerprint density at radius 2 is 1.02 bits per heavy atom. The molecule has 0 radical (unpaired) electrons. The number of carbonyl (C=O) groups excluding carboxylic acids is 1. The predicted octanol–water partition coefficient (Wildman–Crippen LogP) is 13.1. The van der Waals surface area contributed by atoms with E-state index < -0.39 is 36.2 Å². The summed E-state index contributed by atoms with van der Waals surface area (Å²) in [6.07, 6.45) is 4.32. The van der Waals surface area contributed by atoms with Gasteiger partial charge in [0.2, 0.25) is 0 Å². The summed E-state index contributed by atoms with van der Waals surface area (Å²) in [6.45, 7) is 3.73. The second-order valence-corrected chi connectivity index (χ2v) is 18.0. The third kappa shape index (κ3) is 11.6. The fourth-order valence-electron chi connectivity index (χ4n) is 5.32. The van der Waals surface area contributed by atoms with E-state index in [0.29, 0.717) is 86.7 Å². The van der Waals surface area contributed by atoms with Crippen molar-refractivity contribution in [2.75, 3.05) is 0 Å². The van der Waals surface area contributed by atoms with Crippen molar-refractivity contribution in [2.24, 2.45) is 5.73 Å². The Balaban J connectivity index is 0.000000209. The molecule has 4 heterocycles. The molecule has 2 aromatic carbocycles. The third-order valence-corrected chi connectivity index (χ3v) is 10.8. The summed E-state index contributed by atoms with van der Waals surface area (Å²) in [6, 6.07) is 11.9. The molecule has 0 saturated carbocycles. The molecule has 6 rings (SSSR count). The molecule has 22 heteroatoms. The maximum atomic E-state index is 12.8. The first-order valence-corrected chi connectivity index (χ1v) is 21.1. The van der Waals surface area contributed by atoms with Crippen molar-refractivity contribution in [3.05, 3.63) is 129 Å². The van der Waals surface area contributed by atoms with Crippen molar-refractivity contribution in [1.82, 2.24) is 18.8 Å². The molecule has 6 aromatic rings. The molecule has 0 aliphatic rings. The van der Waals surface area contributed by atoms with E-state index in [1.54, 1.807) is 41.1 Å². The molecular weight excluding hydrogens is 863 g/mol. The van der Waals surface area contributed by atoms with Crippen molar-refractivity contribution in [3.8, 4) is 0 Å². The minimum Gasteiger partial charge on any atom is -0.477 e. The molecule has 0 bridgehead atoms. The minimum atomic E-state index is -9.69. The highest BCUT2D eigenvalue weighted by molar-refractivity contribution is 8.46. The number of nitrogens with zero attached hydrogens (tertiary/aromatic N) is 4. The zero-order chi connectivity index (χ0) is 42.9. The molecule has 0 aliphatic heterocycles. The van der Waals surface area contributed by atoms with Crippen LogP contribution in [0.15, 0.2) is 95.0 Å². The summed E-state index contributed by atoms with van der Waals surface area (Å²) in [5, 5.41) is 9.99. The number of carboxylic acid groups (broad SMARTS) is 1. The molecular formula is C35H33Cl2F10N5O3S2. The van der Waals surface area contributed by atoms with Crippen molar-refractivity contribution >= 4 is 66.7 Å². The first-order chi connectivity index (χ1) is 25.9. The van der Waals surface area contributed by atoms with E-state index in [1.165, 1.54) is 4.40 Å². The van der Waals surface area contributed by atoms with E-state index >= 15 is 0 Å². The van der Waals surface area contributed by atoms with Crippen LogP contribution in [0.2, 0.25) is 10.0 Å². The molecule has 312 valence electrons. The lowest BCUT2D eigenvalue weighted by Gasteiger charge is -2.40. The summed E-state index contributed by atoms with van der Waals surface area (Å²) in [4.78, 5) is 28.5. The van der Waals surface area contributed by atoms with Gasteiger partial charge in [0.25, 0.3) is 0 Å². The van der Waals surface area contributed by atoms with Gasteiger partial charge in [-0.3, -0.25) is 13.6 Å². The fourth-order valence-corrected chi connectivity index (χ4v) is 6.94. The zero-order valence-electron chi connectivity index (χ0n) is 29.6. The molecule has 3 N–H and O–H groups in total. The van der Waals surface area contributed by atoms with Gasteiger partial charge in [-0.15, -0.1) is 0 Å². The van der Waals surface area contributed by atoms with E-state index in [4.69, 9.17) is 34.0 Å². The highest BCUT2D eigenvalue weighted by atomic mass is 35.5. The number of ketones is 1. The standard InChI is InChI=1S/C18H16ClF5N2OS.C10H9ClN2O2.C7H8F5NS/c1-2-15-18(26-11-13(19)6-10-17(26)25-15)16(27)9-5-12-3-7-14(8-4-12)28(20,21,22,23)24;1-2-7-9(10(14)15)13-5-6(11)3-4-8(13)12-7;8-14(9,10,11,12)7-3-1-6(5-13)2-4-7/h3-4,6-8,10-11H,2,5,9H2,1H3;3-5H,2H2,1H3,(H,14,15);1-4H,5,13H2. The van der Waals surface area contributed by atoms with Crippen LogP contribution >= 0.6 is 43.6 Å². The SMILES string of the molecule is CCc1nc2ccc(Cl)cn2c1C(=O)CCc1ccc(S(F)(F)(F)(F)F)cc1.CCc1nc2ccc(Cl)cn2c1C(=O)O.NCc1ccc(S(F)(F)(F)(F)F)cc1. The Kier molecular flexibility index (Phi) is 11.7. The number of hydrogen-bond acceptors (Lipinski definition) is 5. The van der Waals surface area contributed by atoms with Crippen LogP contribution in [-0.4, -0.2) is 35.6 Å². The van der Waals surface area contributed by atoms with Gasteiger partial charge in [0, 0.05) is 25.4 Å². The zero-order valence-corrected chi connectivity index (χ0v) is 32.7. The number of fused-ring (bicyclic) bond motifs is 2. The molecule has 0 spiro atoms. The Morgan fingerprint density at radius 1 is 0.632 bits per heavy atom. The molecule has 57 heavy (non-hydrogen) atoms. The number of carbonyl (C=O) groups is 2. The summed E-state index contributed by atoms with van der Waals surface area (Å²) in [7, 11) is -19.2. The van der Waals surface area contributed by atoms with Gasteiger partial charge in [0.05, 0.1) is 21.4 Å². The molecule has 0 aliphatic carbocycles. The second kappa shape index (κ2) is 14.7. The van der Waals surface area contributed by atoms with Crippen molar-refractivity contribution in [1.29, 1.82) is 0 Å². The molecule has 0 amide bonds.